The van der Waals surface area contributed by atoms with Crippen LogP contribution in [0.4, 0.5) is 0 Å². The second-order valence-corrected chi connectivity index (χ2v) is 7.33. The Morgan fingerprint density at radius 1 is 1.44 bits per heavy atom. The van der Waals surface area contributed by atoms with E-state index in [2.05, 4.69) is 38.3 Å². The number of nitrogens with one attached hydrogen (secondary N) is 1. The van der Waals surface area contributed by atoms with E-state index in [0.717, 1.165) is 25.0 Å². The van der Waals surface area contributed by atoms with E-state index in [1.165, 1.54) is 34.6 Å². The van der Waals surface area contributed by atoms with Crippen molar-refractivity contribution in [1.29, 1.82) is 0 Å². The fourth-order valence-corrected chi connectivity index (χ4v) is 4.06. The molecular formula is C12H17BrN2S. The second-order valence-electron chi connectivity index (χ2n) is 4.79. The first-order valence-corrected chi connectivity index (χ1v) is 7.63. The van der Waals surface area contributed by atoms with Crippen molar-refractivity contribution >= 4 is 27.3 Å². The highest BCUT2D eigenvalue weighted by Gasteiger charge is 2.36. The molecule has 2 fully saturated rings. The molecule has 1 saturated carbocycles. The molecule has 4 heteroatoms. The number of rotatable bonds is 3. The fourth-order valence-electron chi connectivity index (χ4n) is 2.55. The van der Waals surface area contributed by atoms with Crippen molar-refractivity contribution in [3.63, 3.8) is 0 Å². The molecule has 2 nitrogen and oxygen atoms in total. The third-order valence-corrected chi connectivity index (χ3v) is 5.16. The molecule has 88 valence electrons. The van der Waals surface area contributed by atoms with Gasteiger partial charge in [-0.05, 0) is 46.8 Å². The van der Waals surface area contributed by atoms with Crippen LogP contribution in [0.1, 0.15) is 17.7 Å². The molecule has 0 aromatic carbocycles. The average molecular weight is 301 g/mol. The van der Waals surface area contributed by atoms with Gasteiger partial charge >= 0.3 is 0 Å². The van der Waals surface area contributed by atoms with Crippen LogP contribution < -0.4 is 5.32 Å². The molecule has 1 aliphatic heterocycles. The molecule has 0 amide bonds. The van der Waals surface area contributed by atoms with Crippen LogP contribution in [0.2, 0.25) is 0 Å². The SMILES string of the molecule is Brc1ccc(CN2CCNCC2C2CC2)s1. The molecule has 0 bridgehead atoms. The lowest BCUT2D eigenvalue weighted by Crippen LogP contribution is -2.51. The van der Waals surface area contributed by atoms with Crippen molar-refractivity contribution in [2.24, 2.45) is 5.92 Å². The molecule has 16 heavy (non-hydrogen) atoms. The monoisotopic (exact) mass is 300 g/mol. The molecule has 2 aliphatic rings. The Morgan fingerprint density at radius 3 is 3.00 bits per heavy atom. The minimum Gasteiger partial charge on any atom is -0.314 e. The molecule has 0 radical (unpaired) electrons. The third kappa shape index (κ3) is 2.50. The number of piperazine rings is 1. The molecule has 1 N–H and O–H groups in total. The molecule has 1 saturated heterocycles. The lowest BCUT2D eigenvalue weighted by atomic mass is 10.1. The molecule has 2 heterocycles. The van der Waals surface area contributed by atoms with Gasteiger partial charge in [-0.3, -0.25) is 4.90 Å². The van der Waals surface area contributed by atoms with Gasteiger partial charge in [-0.15, -0.1) is 11.3 Å². The van der Waals surface area contributed by atoms with Crippen LogP contribution >= 0.6 is 27.3 Å². The summed E-state index contributed by atoms with van der Waals surface area (Å²) in [6.45, 7) is 4.68. The molecule has 1 aromatic rings. The fraction of sp³-hybridized carbons (Fsp3) is 0.667. The summed E-state index contributed by atoms with van der Waals surface area (Å²) in [5, 5.41) is 3.53. The highest BCUT2D eigenvalue weighted by molar-refractivity contribution is 9.11. The van der Waals surface area contributed by atoms with Gasteiger partial charge in [-0.25, -0.2) is 0 Å². The van der Waals surface area contributed by atoms with Gasteiger partial charge in [0.05, 0.1) is 3.79 Å². The first kappa shape index (κ1) is 11.2. The first-order valence-electron chi connectivity index (χ1n) is 6.02. The van der Waals surface area contributed by atoms with Crippen molar-refractivity contribution < 1.29 is 0 Å². The quantitative estimate of drug-likeness (QED) is 0.923. The Hall–Kier alpha value is 0.1000. The molecule has 1 aliphatic carbocycles. The van der Waals surface area contributed by atoms with Crippen LogP contribution in [0.3, 0.4) is 0 Å². The van der Waals surface area contributed by atoms with Gasteiger partial charge in [0.1, 0.15) is 0 Å². The van der Waals surface area contributed by atoms with Crippen LogP contribution in [0.5, 0.6) is 0 Å². The Balaban J connectivity index is 1.67. The van der Waals surface area contributed by atoms with Gasteiger partial charge in [0.25, 0.3) is 0 Å². The number of thiophene rings is 1. The van der Waals surface area contributed by atoms with Gasteiger partial charge in [0.2, 0.25) is 0 Å². The summed E-state index contributed by atoms with van der Waals surface area (Å²) in [6.07, 6.45) is 2.88. The van der Waals surface area contributed by atoms with E-state index in [9.17, 15) is 0 Å². The third-order valence-electron chi connectivity index (χ3n) is 3.55. The minimum atomic E-state index is 0.787. The summed E-state index contributed by atoms with van der Waals surface area (Å²) < 4.78 is 1.25. The Morgan fingerprint density at radius 2 is 2.31 bits per heavy atom. The summed E-state index contributed by atoms with van der Waals surface area (Å²) in [4.78, 5) is 4.16. The smallest absolute Gasteiger partial charge is 0.0701 e. The number of hydrogen-bond acceptors (Lipinski definition) is 3. The van der Waals surface area contributed by atoms with Crippen LogP contribution in [0.15, 0.2) is 15.9 Å². The lowest BCUT2D eigenvalue weighted by Gasteiger charge is -2.36. The summed E-state index contributed by atoms with van der Waals surface area (Å²) in [7, 11) is 0. The van der Waals surface area contributed by atoms with Gasteiger partial charge in [-0.2, -0.15) is 0 Å². The summed E-state index contributed by atoms with van der Waals surface area (Å²) in [5.74, 6) is 0.969. The molecule has 1 unspecified atom stereocenters. The Bertz CT molecular complexity index is 362. The van der Waals surface area contributed by atoms with Gasteiger partial charge in [0.15, 0.2) is 0 Å². The molecule has 1 atom stereocenters. The molecular weight excluding hydrogens is 284 g/mol. The zero-order chi connectivity index (χ0) is 11.0. The number of hydrogen-bond donors (Lipinski definition) is 1. The Labute approximate surface area is 109 Å². The van der Waals surface area contributed by atoms with Crippen LogP contribution in [0, 0.1) is 5.92 Å². The maximum Gasteiger partial charge on any atom is 0.0701 e. The van der Waals surface area contributed by atoms with Crippen molar-refractivity contribution in [2.75, 3.05) is 19.6 Å². The highest BCUT2D eigenvalue weighted by atomic mass is 79.9. The predicted octanol–water partition coefficient (Wildman–Crippen LogP) is 2.69. The zero-order valence-electron chi connectivity index (χ0n) is 9.29. The van der Waals surface area contributed by atoms with E-state index >= 15 is 0 Å². The zero-order valence-corrected chi connectivity index (χ0v) is 11.7. The van der Waals surface area contributed by atoms with Crippen molar-refractivity contribution in [2.45, 2.75) is 25.4 Å². The summed E-state index contributed by atoms with van der Waals surface area (Å²) in [6, 6.07) is 5.20. The van der Waals surface area contributed by atoms with Crippen molar-refractivity contribution in [3.05, 3.63) is 20.8 Å². The van der Waals surface area contributed by atoms with Crippen molar-refractivity contribution in [3.8, 4) is 0 Å². The van der Waals surface area contributed by atoms with E-state index < -0.39 is 0 Å². The predicted molar refractivity (Wildman–Crippen MR) is 71.8 cm³/mol. The van der Waals surface area contributed by atoms with E-state index in [4.69, 9.17) is 0 Å². The van der Waals surface area contributed by atoms with Gasteiger partial charge in [0, 0.05) is 37.1 Å². The Kier molecular flexibility index (Phi) is 3.34. The van der Waals surface area contributed by atoms with E-state index in [-0.39, 0.29) is 0 Å². The summed E-state index contributed by atoms with van der Waals surface area (Å²) in [5.41, 5.74) is 0. The maximum atomic E-state index is 3.54. The van der Waals surface area contributed by atoms with E-state index in [1.807, 2.05) is 11.3 Å². The van der Waals surface area contributed by atoms with Gasteiger partial charge < -0.3 is 5.32 Å². The number of halogens is 1. The van der Waals surface area contributed by atoms with Gasteiger partial charge in [-0.1, -0.05) is 0 Å². The van der Waals surface area contributed by atoms with Crippen LogP contribution in [-0.2, 0) is 6.54 Å². The van der Waals surface area contributed by atoms with Crippen LogP contribution in [-0.4, -0.2) is 30.6 Å². The second kappa shape index (κ2) is 4.77. The van der Waals surface area contributed by atoms with E-state index in [1.54, 1.807) is 0 Å². The topological polar surface area (TPSA) is 15.3 Å². The van der Waals surface area contributed by atoms with E-state index in [0.29, 0.717) is 0 Å². The number of nitrogens with zero attached hydrogens (tertiary/aromatic N) is 1. The molecule has 0 spiro atoms. The first-order chi connectivity index (χ1) is 7.83. The lowest BCUT2D eigenvalue weighted by molar-refractivity contribution is 0.137. The average Bonchev–Trinajstić information content (AvgIpc) is 3.04. The minimum absolute atomic E-state index is 0.787. The largest absolute Gasteiger partial charge is 0.314 e. The highest BCUT2D eigenvalue weighted by Crippen LogP contribution is 2.36. The maximum absolute atomic E-state index is 3.54. The normalized spacial score (nSPS) is 27.2. The molecule has 1 aromatic heterocycles. The summed E-state index contributed by atoms with van der Waals surface area (Å²) >= 11 is 5.41. The van der Waals surface area contributed by atoms with Crippen LogP contribution in [0.25, 0.3) is 0 Å². The van der Waals surface area contributed by atoms with Crippen molar-refractivity contribution in [1.82, 2.24) is 10.2 Å². The standard InChI is InChI=1S/C12H17BrN2S/c13-12-4-3-10(16-12)8-15-6-5-14-7-11(15)9-1-2-9/h3-4,9,11,14H,1-2,5-8H2. The molecule has 3 rings (SSSR count).